The minimum Gasteiger partial charge on any atom is -0.171 e. The summed E-state index contributed by atoms with van der Waals surface area (Å²) in [5, 5.41) is 0. The van der Waals surface area contributed by atoms with Crippen LogP contribution in [0.3, 0.4) is 0 Å². The van der Waals surface area contributed by atoms with E-state index in [1.807, 2.05) is 6.92 Å². The first-order chi connectivity index (χ1) is 3.95. The Bertz CT molecular complexity index is 80.4. The summed E-state index contributed by atoms with van der Waals surface area (Å²) in [6, 6.07) is -1.74. The molecule has 0 aliphatic rings. The molecule has 0 saturated heterocycles. The fraction of sp³-hybridized carbons (Fsp3) is 1.00. The average molecular weight is 240 g/mol. The lowest BCUT2D eigenvalue weighted by molar-refractivity contribution is 1.06. The molecule has 0 saturated carbocycles. The van der Waals surface area contributed by atoms with E-state index >= 15 is 0 Å². The van der Waals surface area contributed by atoms with Crippen LogP contribution in [0, 0.1) is 0 Å². The third-order valence-corrected chi connectivity index (χ3v) is 5.29. The van der Waals surface area contributed by atoms with Crippen LogP contribution in [0.1, 0.15) is 6.92 Å². The molecule has 9 heavy (non-hydrogen) atoms. The van der Waals surface area contributed by atoms with Crippen LogP contribution in [0.4, 0.5) is 0 Å². The zero-order valence-corrected chi connectivity index (χ0v) is 9.82. The third kappa shape index (κ3) is 7.49. The molecule has 0 aliphatic heterocycles. The molecule has 0 bridgehead atoms. The Kier molecular flexibility index (Phi) is 5.26. The molecule has 0 fully saturated rings. The van der Waals surface area contributed by atoms with Crippen LogP contribution in [-0.4, -0.2) is 14.8 Å². The molecular weight excluding hydrogens is 234 g/mol. The Labute approximate surface area is 77.5 Å². The van der Waals surface area contributed by atoms with Crippen molar-refractivity contribution in [1.29, 1.82) is 0 Å². The van der Waals surface area contributed by atoms with E-state index in [1.54, 1.807) is 0 Å². The van der Waals surface area contributed by atoms with Crippen molar-refractivity contribution >= 4 is 59.1 Å². The Morgan fingerprint density at radius 3 is 2.00 bits per heavy atom. The highest BCUT2D eigenvalue weighted by Crippen LogP contribution is 2.31. The second kappa shape index (κ2) is 4.47. The lowest BCUT2D eigenvalue weighted by atomic mass is 10.6. The summed E-state index contributed by atoms with van der Waals surface area (Å²) in [7, 11) is 0.359. The summed E-state index contributed by atoms with van der Waals surface area (Å²) in [6.45, 7) is 1.99. The Hall–Kier alpha value is 1.59. The predicted molar refractivity (Wildman–Crippen MR) is 49.2 cm³/mol. The molecule has 0 heterocycles. The van der Waals surface area contributed by atoms with Gasteiger partial charge in [-0.3, -0.25) is 0 Å². The SMILES string of the molecule is CC(C[Si](Cl)(Cl)Cl)[Si]Cl. The minimum absolute atomic E-state index is 0.353. The normalized spacial score (nSPS) is 15.7. The number of hydrogen-bond acceptors (Lipinski definition) is 0. The van der Waals surface area contributed by atoms with Gasteiger partial charge in [-0.2, -0.15) is 11.1 Å². The van der Waals surface area contributed by atoms with Crippen molar-refractivity contribution in [3.8, 4) is 0 Å². The van der Waals surface area contributed by atoms with Gasteiger partial charge in [0.05, 0.1) is 0 Å². The van der Waals surface area contributed by atoms with Gasteiger partial charge in [-0.25, -0.2) is 0 Å². The molecule has 0 amide bonds. The molecule has 1 atom stereocenters. The van der Waals surface area contributed by atoms with Crippen molar-refractivity contribution in [3.05, 3.63) is 0 Å². The first-order valence-electron chi connectivity index (χ1n) is 2.38. The number of rotatable bonds is 3. The van der Waals surface area contributed by atoms with E-state index in [4.69, 9.17) is 44.3 Å². The van der Waals surface area contributed by atoms with Gasteiger partial charge in [0.2, 0.25) is 0 Å². The molecule has 6 heteroatoms. The lowest BCUT2D eigenvalue weighted by Gasteiger charge is -2.10. The van der Waals surface area contributed by atoms with E-state index in [1.165, 1.54) is 0 Å². The van der Waals surface area contributed by atoms with Gasteiger partial charge >= 0.3 is 6.00 Å². The lowest BCUT2D eigenvalue weighted by Crippen LogP contribution is -2.12. The van der Waals surface area contributed by atoms with Crippen LogP contribution in [0.25, 0.3) is 0 Å². The molecule has 0 rings (SSSR count). The maximum atomic E-state index is 5.62. The van der Waals surface area contributed by atoms with E-state index in [9.17, 15) is 0 Å². The molecule has 0 spiro atoms. The number of hydrogen-bond donors (Lipinski definition) is 0. The van der Waals surface area contributed by atoms with Crippen molar-refractivity contribution in [2.24, 2.45) is 0 Å². The van der Waals surface area contributed by atoms with Gasteiger partial charge in [-0.15, -0.1) is 33.2 Å². The highest BCUT2D eigenvalue weighted by atomic mass is 35.8. The zero-order valence-electron chi connectivity index (χ0n) is 4.80. The predicted octanol–water partition coefficient (Wildman–Crippen LogP) is 3.31. The van der Waals surface area contributed by atoms with Crippen LogP contribution < -0.4 is 0 Å². The molecule has 0 nitrogen and oxygen atoms in total. The molecule has 0 N–H and O–H groups in total. The summed E-state index contributed by atoms with van der Waals surface area (Å²) in [4.78, 5) is 0. The molecular formula is C3H6Cl4Si2. The molecule has 0 aromatic heterocycles. The molecule has 0 aromatic rings. The molecule has 1 unspecified atom stereocenters. The first-order valence-corrected chi connectivity index (χ1v) is 9.72. The van der Waals surface area contributed by atoms with Crippen molar-refractivity contribution < 1.29 is 0 Å². The topological polar surface area (TPSA) is 0 Å². The van der Waals surface area contributed by atoms with Gasteiger partial charge in [0.15, 0.2) is 8.83 Å². The van der Waals surface area contributed by atoms with Gasteiger partial charge in [-0.1, -0.05) is 6.92 Å². The Morgan fingerprint density at radius 1 is 1.44 bits per heavy atom. The highest BCUT2D eigenvalue weighted by molar-refractivity contribution is 7.64. The first kappa shape index (κ1) is 10.6. The van der Waals surface area contributed by atoms with Gasteiger partial charge in [0, 0.05) is 0 Å². The van der Waals surface area contributed by atoms with Gasteiger partial charge in [-0.05, 0) is 11.6 Å². The van der Waals surface area contributed by atoms with Crippen LogP contribution >= 0.6 is 44.3 Å². The summed E-state index contributed by atoms with van der Waals surface area (Å²) in [5.74, 6) is 0. The average Bonchev–Trinajstić information content (AvgIpc) is 1.62. The van der Waals surface area contributed by atoms with Crippen LogP contribution in [0.2, 0.25) is 11.6 Å². The van der Waals surface area contributed by atoms with E-state index in [-0.39, 0.29) is 0 Å². The van der Waals surface area contributed by atoms with E-state index in [2.05, 4.69) is 0 Å². The van der Waals surface area contributed by atoms with E-state index in [0.29, 0.717) is 20.4 Å². The largest absolute Gasteiger partial charge is 0.341 e. The van der Waals surface area contributed by atoms with Gasteiger partial charge < -0.3 is 0 Å². The van der Waals surface area contributed by atoms with Crippen molar-refractivity contribution in [2.75, 3.05) is 0 Å². The standard InChI is InChI=1S/C3H6Cl4Si2/c1-3(8-4)2-9(5,6)7/h3H,2H2,1H3. The van der Waals surface area contributed by atoms with Crippen molar-refractivity contribution in [3.63, 3.8) is 0 Å². The van der Waals surface area contributed by atoms with Crippen molar-refractivity contribution in [1.82, 2.24) is 0 Å². The Balaban J connectivity index is 3.47. The summed E-state index contributed by atoms with van der Waals surface area (Å²) in [5.41, 5.74) is 0.353. The monoisotopic (exact) mass is 238 g/mol. The molecule has 0 aromatic carbocycles. The van der Waals surface area contributed by atoms with Gasteiger partial charge in [0.1, 0.15) is 0 Å². The summed E-state index contributed by atoms with van der Waals surface area (Å²) >= 11 is 22.4. The van der Waals surface area contributed by atoms with E-state index in [0.717, 1.165) is 0 Å². The van der Waals surface area contributed by atoms with E-state index < -0.39 is 6.00 Å². The highest BCUT2D eigenvalue weighted by Gasteiger charge is 2.27. The Morgan fingerprint density at radius 2 is 1.89 bits per heavy atom. The second-order valence-corrected chi connectivity index (χ2v) is 12.9. The quantitative estimate of drug-likeness (QED) is 0.524. The smallest absolute Gasteiger partial charge is 0.171 e. The zero-order chi connectivity index (χ0) is 7.49. The second-order valence-electron chi connectivity index (χ2n) is 1.83. The van der Waals surface area contributed by atoms with Crippen molar-refractivity contribution in [2.45, 2.75) is 18.5 Å². The van der Waals surface area contributed by atoms with Gasteiger partial charge in [0.25, 0.3) is 0 Å². The number of halogens is 4. The minimum atomic E-state index is -2.40. The summed E-state index contributed by atoms with van der Waals surface area (Å²) < 4.78 is 0. The maximum absolute atomic E-state index is 5.62. The summed E-state index contributed by atoms with van der Waals surface area (Å²) in [6.07, 6.45) is 0. The molecule has 2 radical (unpaired) electrons. The van der Waals surface area contributed by atoms with Crippen LogP contribution in [-0.2, 0) is 0 Å². The van der Waals surface area contributed by atoms with Crippen LogP contribution in [0.5, 0.6) is 0 Å². The van der Waals surface area contributed by atoms with Crippen LogP contribution in [0.15, 0.2) is 0 Å². The molecule has 54 valence electrons. The maximum Gasteiger partial charge on any atom is 0.341 e. The fourth-order valence-corrected chi connectivity index (χ4v) is 6.25. The molecule has 0 aliphatic carbocycles. The fourth-order valence-electron chi connectivity index (χ4n) is 0.386. The third-order valence-electron chi connectivity index (χ3n) is 0.724.